The monoisotopic (exact) mass is 382 g/mol. The van der Waals surface area contributed by atoms with Crippen LogP contribution in [0.2, 0.25) is 5.02 Å². The summed E-state index contributed by atoms with van der Waals surface area (Å²) in [5.74, 6) is 0.163. The number of hydrogen-bond donors (Lipinski definition) is 1. The van der Waals surface area contributed by atoms with Crippen molar-refractivity contribution >= 4 is 33.6 Å². The van der Waals surface area contributed by atoms with Crippen molar-refractivity contribution < 1.29 is 13.2 Å². The molecule has 1 aliphatic heterocycles. The highest BCUT2D eigenvalue weighted by Gasteiger charge is 2.41. The Morgan fingerprint density at radius 1 is 1.20 bits per heavy atom. The van der Waals surface area contributed by atoms with Crippen molar-refractivity contribution in [3.05, 3.63) is 40.9 Å². The lowest BCUT2D eigenvalue weighted by Gasteiger charge is -2.31. The van der Waals surface area contributed by atoms with Crippen LogP contribution < -0.4 is 5.32 Å². The van der Waals surface area contributed by atoms with E-state index in [1.54, 1.807) is 16.4 Å². The Labute approximate surface area is 154 Å². The fourth-order valence-corrected chi connectivity index (χ4v) is 5.10. The van der Waals surface area contributed by atoms with E-state index in [0.29, 0.717) is 30.6 Å². The number of carbonyl (C=O) groups excluding carboxylic acids is 1. The molecule has 1 aromatic carbocycles. The van der Waals surface area contributed by atoms with E-state index in [0.717, 1.165) is 31.2 Å². The minimum atomic E-state index is -3.06. The fraction of sp³-hybridized carbons (Fsp3) is 0.500. The molecule has 0 unspecified atom stereocenters. The van der Waals surface area contributed by atoms with Gasteiger partial charge in [0.15, 0.2) is 0 Å². The van der Waals surface area contributed by atoms with E-state index in [9.17, 15) is 13.2 Å². The third-order valence-corrected chi connectivity index (χ3v) is 7.51. The van der Waals surface area contributed by atoms with Gasteiger partial charge in [0.25, 0.3) is 0 Å². The largest absolute Gasteiger partial charge is 0.352 e. The number of carbonyl (C=O) groups is 1. The first-order chi connectivity index (χ1) is 12.0. The lowest BCUT2D eigenvalue weighted by Crippen LogP contribution is -2.42. The molecule has 1 amide bonds. The number of rotatable bonds is 6. The van der Waals surface area contributed by atoms with Gasteiger partial charge in [-0.3, -0.25) is 4.79 Å². The maximum atomic E-state index is 12.2. The average molecular weight is 383 g/mol. The number of nitrogens with zero attached hydrogens (tertiary/aromatic N) is 1. The summed E-state index contributed by atoms with van der Waals surface area (Å²) in [5, 5.41) is 3.36. The van der Waals surface area contributed by atoms with Gasteiger partial charge in [0.05, 0.1) is 5.25 Å². The number of hydrogen-bond acceptors (Lipinski definition) is 3. The number of sulfonamides is 1. The van der Waals surface area contributed by atoms with Crippen molar-refractivity contribution in [1.82, 2.24) is 9.62 Å². The van der Waals surface area contributed by atoms with Gasteiger partial charge in [0, 0.05) is 30.7 Å². The number of benzene rings is 1. The van der Waals surface area contributed by atoms with Crippen molar-refractivity contribution in [2.45, 2.75) is 30.9 Å². The van der Waals surface area contributed by atoms with Crippen LogP contribution in [0.5, 0.6) is 0 Å². The van der Waals surface area contributed by atoms with Gasteiger partial charge in [-0.25, -0.2) is 12.7 Å². The zero-order chi connectivity index (χ0) is 17.9. The summed E-state index contributed by atoms with van der Waals surface area (Å²) in [6, 6.07) is 7.34. The Morgan fingerprint density at radius 3 is 2.52 bits per heavy atom. The second-order valence-electron chi connectivity index (χ2n) is 6.69. The van der Waals surface area contributed by atoms with E-state index in [1.165, 1.54) is 6.08 Å². The molecule has 1 aromatic rings. The van der Waals surface area contributed by atoms with Crippen LogP contribution in [0.4, 0.5) is 0 Å². The molecule has 2 aliphatic rings. The van der Waals surface area contributed by atoms with E-state index >= 15 is 0 Å². The Kier molecular flexibility index (Phi) is 5.81. The Morgan fingerprint density at radius 2 is 1.88 bits per heavy atom. The Hall–Kier alpha value is -1.37. The first-order valence-corrected chi connectivity index (χ1v) is 10.5. The molecule has 3 rings (SSSR count). The standard InChI is InChI=1S/C18H23ClN2O3S/c19-17-4-2-1-3-15(17)5-8-18(22)20-13-14-9-11-21(12-10-14)25(23,24)16-6-7-16/h1-5,8,14,16H,6-7,9-13H2,(H,20,22)/b8-5+. The van der Waals surface area contributed by atoms with Crippen molar-refractivity contribution in [2.24, 2.45) is 5.92 Å². The highest BCUT2D eigenvalue weighted by Crippen LogP contribution is 2.33. The molecule has 136 valence electrons. The summed E-state index contributed by atoms with van der Waals surface area (Å²) >= 11 is 6.05. The van der Waals surface area contributed by atoms with Gasteiger partial charge in [-0.05, 0) is 49.3 Å². The molecular formula is C18H23ClN2O3S. The van der Waals surface area contributed by atoms with Crippen LogP contribution in [0.25, 0.3) is 6.08 Å². The first kappa shape index (κ1) is 18.4. The summed E-state index contributed by atoms with van der Waals surface area (Å²) in [4.78, 5) is 11.9. The predicted octanol–water partition coefficient (Wildman–Crippen LogP) is 2.67. The van der Waals surface area contributed by atoms with Crippen LogP contribution in [0, 0.1) is 5.92 Å². The summed E-state index contributed by atoms with van der Waals surface area (Å²) in [5.41, 5.74) is 0.804. The second kappa shape index (κ2) is 7.89. The molecule has 0 spiro atoms. The van der Waals surface area contributed by atoms with Crippen LogP contribution in [-0.4, -0.2) is 43.5 Å². The predicted molar refractivity (Wildman–Crippen MR) is 99.7 cm³/mol. The van der Waals surface area contributed by atoms with Gasteiger partial charge in [-0.15, -0.1) is 0 Å². The van der Waals surface area contributed by atoms with Crippen molar-refractivity contribution in [2.75, 3.05) is 19.6 Å². The Balaban J connectivity index is 1.42. The summed E-state index contributed by atoms with van der Waals surface area (Å²) in [6.07, 6.45) is 6.36. The quantitative estimate of drug-likeness (QED) is 0.769. The highest BCUT2D eigenvalue weighted by atomic mass is 35.5. The average Bonchev–Trinajstić information content (AvgIpc) is 3.45. The maximum Gasteiger partial charge on any atom is 0.244 e. The molecule has 2 fully saturated rings. The van der Waals surface area contributed by atoms with Crippen LogP contribution in [0.1, 0.15) is 31.2 Å². The Bertz CT molecular complexity index is 751. The third-order valence-electron chi connectivity index (χ3n) is 4.76. The van der Waals surface area contributed by atoms with Gasteiger partial charge in [0.2, 0.25) is 15.9 Å². The molecule has 0 bridgehead atoms. The summed E-state index contributed by atoms with van der Waals surface area (Å²) in [7, 11) is -3.06. The molecule has 5 nitrogen and oxygen atoms in total. The van der Waals surface area contributed by atoms with Crippen LogP contribution >= 0.6 is 11.6 Å². The molecule has 1 aliphatic carbocycles. The minimum Gasteiger partial charge on any atom is -0.352 e. The zero-order valence-electron chi connectivity index (χ0n) is 14.0. The molecule has 1 heterocycles. The fourth-order valence-electron chi connectivity index (χ4n) is 3.02. The molecule has 1 saturated carbocycles. The molecular weight excluding hydrogens is 360 g/mol. The molecule has 0 radical (unpaired) electrons. The summed E-state index contributed by atoms with van der Waals surface area (Å²) < 4.78 is 26.0. The molecule has 7 heteroatoms. The normalized spacial score (nSPS) is 20.0. The van der Waals surface area contributed by atoms with E-state index in [1.807, 2.05) is 18.2 Å². The number of nitrogens with one attached hydrogen (secondary N) is 1. The van der Waals surface area contributed by atoms with Gasteiger partial charge in [0.1, 0.15) is 0 Å². The first-order valence-electron chi connectivity index (χ1n) is 8.66. The molecule has 0 aromatic heterocycles. The van der Waals surface area contributed by atoms with Crippen LogP contribution in [0.15, 0.2) is 30.3 Å². The van der Waals surface area contributed by atoms with Gasteiger partial charge in [-0.2, -0.15) is 0 Å². The highest BCUT2D eigenvalue weighted by molar-refractivity contribution is 7.90. The van der Waals surface area contributed by atoms with Crippen molar-refractivity contribution in [1.29, 1.82) is 0 Å². The van der Waals surface area contributed by atoms with E-state index in [4.69, 9.17) is 11.6 Å². The second-order valence-corrected chi connectivity index (χ2v) is 9.31. The smallest absolute Gasteiger partial charge is 0.244 e. The lowest BCUT2D eigenvalue weighted by atomic mass is 9.98. The molecule has 1 N–H and O–H groups in total. The number of halogens is 1. The van der Waals surface area contributed by atoms with Gasteiger partial charge < -0.3 is 5.32 Å². The topological polar surface area (TPSA) is 66.5 Å². The number of amides is 1. The van der Waals surface area contributed by atoms with Crippen molar-refractivity contribution in [3.63, 3.8) is 0 Å². The van der Waals surface area contributed by atoms with Crippen molar-refractivity contribution in [3.8, 4) is 0 Å². The zero-order valence-corrected chi connectivity index (χ0v) is 15.6. The summed E-state index contributed by atoms with van der Waals surface area (Å²) in [6.45, 7) is 1.70. The SMILES string of the molecule is O=C(/C=C/c1ccccc1Cl)NCC1CCN(S(=O)(=O)C2CC2)CC1. The van der Waals surface area contributed by atoms with E-state index in [2.05, 4.69) is 5.32 Å². The van der Waals surface area contributed by atoms with E-state index in [-0.39, 0.29) is 11.2 Å². The van der Waals surface area contributed by atoms with Crippen LogP contribution in [0.3, 0.4) is 0 Å². The maximum absolute atomic E-state index is 12.2. The lowest BCUT2D eigenvalue weighted by molar-refractivity contribution is -0.116. The minimum absolute atomic E-state index is 0.140. The van der Waals surface area contributed by atoms with Gasteiger partial charge >= 0.3 is 0 Å². The van der Waals surface area contributed by atoms with Gasteiger partial charge in [-0.1, -0.05) is 29.8 Å². The van der Waals surface area contributed by atoms with Crippen LogP contribution in [-0.2, 0) is 14.8 Å². The molecule has 25 heavy (non-hydrogen) atoms. The van der Waals surface area contributed by atoms with E-state index < -0.39 is 10.0 Å². The number of piperidine rings is 1. The molecule has 0 atom stereocenters. The third kappa shape index (κ3) is 4.84. The molecule has 1 saturated heterocycles.